The Bertz CT molecular complexity index is 2690. The quantitative estimate of drug-likeness (QED) is 0.0159. The average molecular weight is 1930 g/mol. The molecule has 0 aliphatic rings. The second-order valence-corrected chi connectivity index (χ2v) is 39.1. The van der Waals surface area contributed by atoms with Crippen LogP contribution >= 0.6 is 0 Å². The van der Waals surface area contributed by atoms with E-state index in [1.54, 1.807) is 0 Å². The summed E-state index contributed by atoms with van der Waals surface area (Å²) in [5, 5.41) is 19.8. The van der Waals surface area contributed by atoms with E-state index in [1.807, 2.05) is 0 Å². The number of nitro benzene ring substituents is 1. The summed E-state index contributed by atoms with van der Waals surface area (Å²) in [7, 11) is 0. The average Bonchev–Trinajstić information content (AvgIpc) is 0.882. The van der Waals surface area contributed by atoms with Crippen LogP contribution in [0.1, 0.15) is 508 Å². The molecule has 136 heavy (non-hydrogen) atoms. The van der Waals surface area contributed by atoms with Crippen molar-refractivity contribution in [1.82, 2.24) is 19.6 Å². The molecule has 22 heteroatoms. The predicted octanol–water partition coefficient (Wildman–Crippen LogP) is 31.1. The van der Waals surface area contributed by atoms with E-state index in [1.165, 1.54) is 191 Å². The van der Waals surface area contributed by atoms with Gasteiger partial charge in [0.1, 0.15) is 24.6 Å². The van der Waals surface area contributed by atoms with Crippen molar-refractivity contribution >= 4 is 41.9 Å². The number of benzene rings is 1. The van der Waals surface area contributed by atoms with Crippen LogP contribution in [0.15, 0.2) is 24.3 Å². The molecule has 0 aliphatic carbocycles. The van der Waals surface area contributed by atoms with Gasteiger partial charge < -0.3 is 57.7 Å². The zero-order valence-electron chi connectivity index (χ0n) is 91.0. The summed E-state index contributed by atoms with van der Waals surface area (Å²) < 4.78 is 45.5. The molecule has 0 amide bonds. The summed E-state index contributed by atoms with van der Waals surface area (Å²) in [5.41, 5.74) is -0.0765. The zero-order chi connectivity index (χ0) is 100. The summed E-state index contributed by atoms with van der Waals surface area (Å²) >= 11 is 0. The maximum Gasteiger partial charge on any atom is 0.514 e. The van der Waals surface area contributed by atoms with E-state index < -0.39 is 17.2 Å². The minimum absolute atomic E-state index is 0.0338. The first kappa shape index (κ1) is 133. The Morgan fingerprint density at radius 1 is 0.279 bits per heavy atom. The van der Waals surface area contributed by atoms with Crippen molar-refractivity contribution in [2.75, 3.05) is 118 Å². The minimum Gasteiger partial charge on any atom is -0.465 e. The molecule has 1 N–H and O–H groups in total. The molecule has 0 radical (unpaired) electrons. The van der Waals surface area contributed by atoms with Crippen LogP contribution in [0.4, 0.5) is 15.3 Å². The van der Waals surface area contributed by atoms with Crippen LogP contribution in [0.3, 0.4) is 0 Å². The van der Waals surface area contributed by atoms with Gasteiger partial charge in [-0.05, 0) is 203 Å². The number of nitro groups is 1. The van der Waals surface area contributed by atoms with Gasteiger partial charge in [0.25, 0.3) is 5.69 Å². The first-order valence-corrected chi connectivity index (χ1v) is 57.3. The van der Waals surface area contributed by atoms with E-state index >= 15 is 0 Å². The van der Waals surface area contributed by atoms with Crippen molar-refractivity contribution < 1.29 is 76.7 Å². The van der Waals surface area contributed by atoms with Crippen molar-refractivity contribution in [1.29, 1.82) is 0 Å². The van der Waals surface area contributed by atoms with E-state index in [9.17, 15) is 38.9 Å². The van der Waals surface area contributed by atoms with Crippen molar-refractivity contribution in [3.8, 4) is 5.75 Å². The lowest BCUT2D eigenvalue weighted by Crippen LogP contribution is -2.37. The maximum atomic E-state index is 12.9. The number of hydrogen-bond donors (Lipinski definition) is 1. The molecule has 0 heterocycles. The van der Waals surface area contributed by atoms with Crippen molar-refractivity contribution in [3.63, 3.8) is 0 Å². The van der Waals surface area contributed by atoms with Crippen LogP contribution in [0, 0.1) is 33.8 Å². The molecular weight excluding hydrogens is 1710 g/mol. The summed E-state index contributed by atoms with van der Waals surface area (Å²) in [6.07, 6.45) is 66.6. The molecule has 1 aromatic carbocycles. The first-order valence-electron chi connectivity index (χ1n) is 57.3. The lowest BCUT2D eigenvalue weighted by molar-refractivity contribution is -0.384. The SMILES string of the molecule is CCCCCCC(CCCC)COC(=O)CCCCCCCCC(CCCCCCCCC(=O)OCC(CCCC)CCCCCC)OC(=O)OCCN(CC)CCN(CC)CC.CCCCCCC(CCCC)COC(=O)CCCCCCCCC(CCCCCCCCC(=O)OCC(CCCC)CCCCCC)OC(=O)Oc1ccc([N+](=O)[O-])cc1.CCN(CC)CCN(CC)CCO. The number of rotatable bonds is 97. The smallest absolute Gasteiger partial charge is 0.465 e. The van der Waals surface area contributed by atoms with Gasteiger partial charge in [-0.1, -0.05) is 354 Å². The highest BCUT2D eigenvalue weighted by Crippen LogP contribution is 2.27. The lowest BCUT2D eigenvalue weighted by Gasteiger charge is -2.25. The normalized spacial score (nSPS) is 12.8. The molecule has 0 fully saturated rings. The number of hydrogen-bond acceptors (Lipinski definition) is 21. The number of esters is 4. The number of ether oxygens (including phenoxy) is 8. The fourth-order valence-electron chi connectivity index (χ4n) is 17.7. The Balaban J connectivity index is 0. The van der Waals surface area contributed by atoms with Crippen molar-refractivity contribution in [2.45, 2.75) is 520 Å². The van der Waals surface area contributed by atoms with E-state index in [0.717, 1.165) is 290 Å². The third-order valence-electron chi connectivity index (χ3n) is 27.2. The van der Waals surface area contributed by atoms with E-state index in [2.05, 4.69) is 117 Å². The zero-order valence-corrected chi connectivity index (χ0v) is 91.0. The Hall–Kier alpha value is -5.16. The topological polar surface area (TPSA) is 253 Å². The lowest BCUT2D eigenvalue weighted by atomic mass is 9.96. The van der Waals surface area contributed by atoms with E-state index in [4.69, 9.17) is 43.0 Å². The maximum absolute atomic E-state index is 12.9. The Morgan fingerprint density at radius 3 is 0.779 bits per heavy atom. The van der Waals surface area contributed by atoms with Gasteiger partial charge >= 0.3 is 36.2 Å². The molecule has 0 spiro atoms. The summed E-state index contributed by atoms with van der Waals surface area (Å²) in [6.45, 7) is 45.8. The standard InChI is InChI=1S/C54H106N2O7.C50H87NO9.C10H24N2O/c1-8-15-19-29-37-49(35-17-10-3)47-61-52(57)41-33-27-23-21-25-31-39-51(63-54(59)60-46-45-56(14-7)44-43-55(12-5)13-6)40-32-26-22-24-28-34-42-53(58)62-48-50(36-18-11-4)38-30-20-16-9-2;1-5-9-13-23-31-43(29-11-7-3)41-57-48(52)35-27-21-17-15-19-25-33-46(59-50(54)60-47-39-37-45(38-40-47)51(55)56)34-26-20-16-18-22-28-36-49(53)58-42-44(30-12-8-4)32-24-14-10-6-2;1-4-11(5-2)7-8-12(6-3)9-10-13/h49-51H,8-48H2,1-7H3;37-40,43-44,46H,5-36,41-42H2,1-4H3;13H,4-10H2,1-3H3. The highest BCUT2D eigenvalue weighted by atomic mass is 16.7. The molecule has 0 bridgehead atoms. The van der Waals surface area contributed by atoms with Gasteiger partial charge in [0.15, 0.2) is 0 Å². The van der Waals surface area contributed by atoms with Gasteiger partial charge in [-0.25, -0.2) is 9.59 Å². The Morgan fingerprint density at radius 2 is 0.515 bits per heavy atom. The van der Waals surface area contributed by atoms with E-state index in [-0.39, 0.29) is 54.1 Å². The van der Waals surface area contributed by atoms with Gasteiger partial charge in [-0.2, -0.15) is 0 Å². The van der Waals surface area contributed by atoms with Gasteiger partial charge in [-0.15, -0.1) is 0 Å². The minimum atomic E-state index is -0.797. The molecule has 4 atom stereocenters. The summed E-state index contributed by atoms with van der Waals surface area (Å²) in [5.74, 6) is 1.99. The van der Waals surface area contributed by atoms with Crippen LogP contribution < -0.4 is 4.74 Å². The van der Waals surface area contributed by atoms with E-state index in [0.29, 0.717) is 88.9 Å². The monoisotopic (exact) mass is 1930 g/mol. The molecule has 1 aromatic rings. The Labute approximate surface area is 835 Å². The number of aliphatic hydroxyl groups is 1. The molecule has 1 rings (SSSR count). The molecule has 0 saturated carbocycles. The molecule has 0 saturated heterocycles. The number of likely N-dealkylation sites (N-methyl/N-ethyl adjacent to an activating group) is 4. The van der Waals surface area contributed by atoms with Gasteiger partial charge in [0, 0.05) is 77.1 Å². The number of unbranched alkanes of at least 4 members (excludes halogenated alkanes) is 36. The van der Waals surface area contributed by atoms with Gasteiger partial charge in [0.05, 0.1) is 38.0 Å². The van der Waals surface area contributed by atoms with Crippen LogP contribution in [0.25, 0.3) is 0 Å². The molecule has 800 valence electrons. The molecule has 0 aromatic heterocycles. The largest absolute Gasteiger partial charge is 0.514 e. The number of carbonyl (C=O) groups excluding carboxylic acids is 6. The highest BCUT2D eigenvalue weighted by molar-refractivity contribution is 5.70. The highest BCUT2D eigenvalue weighted by Gasteiger charge is 2.22. The number of carbonyl (C=O) groups is 6. The predicted molar refractivity (Wildman–Crippen MR) is 566 cm³/mol. The third-order valence-corrected chi connectivity index (χ3v) is 27.2. The molecule has 0 aliphatic heterocycles. The van der Waals surface area contributed by atoms with Gasteiger partial charge in [0.2, 0.25) is 0 Å². The van der Waals surface area contributed by atoms with Crippen molar-refractivity contribution in [2.24, 2.45) is 23.7 Å². The Kier molecular flexibility index (Phi) is 99.0. The number of nitrogens with zero attached hydrogens (tertiary/aromatic N) is 5. The first-order chi connectivity index (χ1) is 66.2. The van der Waals surface area contributed by atoms with Crippen LogP contribution in [0.2, 0.25) is 0 Å². The molecule has 4 unspecified atom stereocenters. The van der Waals surface area contributed by atoms with Crippen LogP contribution in [-0.4, -0.2) is 196 Å². The fourth-order valence-corrected chi connectivity index (χ4v) is 17.7. The van der Waals surface area contributed by atoms with Gasteiger partial charge in [-0.3, -0.25) is 34.2 Å². The van der Waals surface area contributed by atoms with Crippen LogP contribution in [0.5, 0.6) is 5.75 Å². The summed E-state index contributed by atoms with van der Waals surface area (Å²) in [4.78, 5) is 95.4. The molecular formula is C114H217N5O17. The van der Waals surface area contributed by atoms with Crippen molar-refractivity contribution in [3.05, 3.63) is 34.4 Å². The van der Waals surface area contributed by atoms with Crippen LogP contribution in [-0.2, 0) is 52.3 Å². The fraction of sp³-hybridized carbons (Fsp3) is 0.895. The second kappa shape index (κ2) is 101. The molecule has 22 nitrogen and oxygen atoms in total. The third kappa shape index (κ3) is 86.7. The summed E-state index contributed by atoms with van der Waals surface area (Å²) in [6, 6.07) is 5.39. The number of aliphatic hydroxyl groups excluding tert-OH is 1. The second-order valence-electron chi connectivity index (χ2n) is 39.1. The number of non-ortho nitro benzene ring substituents is 1.